The van der Waals surface area contributed by atoms with Crippen molar-refractivity contribution in [3.63, 3.8) is 0 Å². The third-order valence-electron chi connectivity index (χ3n) is 2.96. The van der Waals surface area contributed by atoms with Gasteiger partial charge in [0, 0.05) is 24.5 Å². The summed E-state index contributed by atoms with van der Waals surface area (Å²) in [6.07, 6.45) is 3.46. The maximum atomic E-state index is 12.2. The molecule has 0 aliphatic rings. The van der Waals surface area contributed by atoms with Gasteiger partial charge in [-0.15, -0.1) is 0 Å². The van der Waals surface area contributed by atoms with Crippen molar-refractivity contribution >= 4 is 5.91 Å². The van der Waals surface area contributed by atoms with E-state index < -0.39 is 0 Å². The SMILES string of the molecule is COc1cc(C(=O)NCc2cccnc2)ccc1OC(C)C. The second-order valence-corrected chi connectivity index (χ2v) is 5.08. The van der Waals surface area contributed by atoms with Gasteiger partial charge in [0.25, 0.3) is 5.91 Å². The lowest BCUT2D eigenvalue weighted by atomic mass is 10.1. The number of hydrogen-bond donors (Lipinski definition) is 1. The number of nitrogens with one attached hydrogen (secondary N) is 1. The smallest absolute Gasteiger partial charge is 0.251 e. The zero-order chi connectivity index (χ0) is 15.9. The van der Waals surface area contributed by atoms with Gasteiger partial charge in [-0.2, -0.15) is 0 Å². The summed E-state index contributed by atoms with van der Waals surface area (Å²) in [5.41, 5.74) is 1.47. The van der Waals surface area contributed by atoms with Gasteiger partial charge in [-0.3, -0.25) is 9.78 Å². The van der Waals surface area contributed by atoms with E-state index >= 15 is 0 Å². The van der Waals surface area contributed by atoms with Crippen LogP contribution in [0.25, 0.3) is 0 Å². The summed E-state index contributed by atoms with van der Waals surface area (Å²) < 4.78 is 10.9. The molecule has 22 heavy (non-hydrogen) atoms. The van der Waals surface area contributed by atoms with Crippen LogP contribution < -0.4 is 14.8 Å². The van der Waals surface area contributed by atoms with Crippen molar-refractivity contribution in [1.29, 1.82) is 0 Å². The highest BCUT2D eigenvalue weighted by molar-refractivity contribution is 5.94. The van der Waals surface area contributed by atoms with Crippen LogP contribution in [0.1, 0.15) is 29.8 Å². The molecule has 0 radical (unpaired) electrons. The van der Waals surface area contributed by atoms with Gasteiger partial charge >= 0.3 is 0 Å². The molecule has 2 aromatic rings. The molecule has 1 heterocycles. The molecule has 0 bridgehead atoms. The Bertz CT molecular complexity index is 627. The average molecular weight is 300 g/mol. The molecule has 5 heteroatoms. The van der Waals surface area contributed by atoms with Gasteiger partial charge in [0.15, 0.2) is 11.5 Å². The molecule has 0 spiro atoms. The highest BCUT2D eigenvalue weighted by atomic mass is 16.5. The van der Waals surface area contributed by atoms with Crippen molar-refractivity contribution in [2.24, 2.45) is 0 Å². The molecule has 0 aliphatic heterocycles. The molecule has 0 saturated carbocycles. The van der Waals surface area contributed by atoms with Gasteiger partial charge in [-0.25, -0.2) is 0 Å². The Labute approximate surface area is 130 Å². The summed E-state index contributed by atoms with van der Waals surface area (Å²) >= 11 is 0. The lowest BCUT2D eigenvalue weighted by molar-refractivity contribution is 0.0950. The van der Waals surface area contributed by atoms with Gasteiger partial charge in [-0.1, -0.05) is 6.07 Å². The molecule has 0 fully saturated rings. The molecular formula is C17H20N2O3. The number of rotatable bonds is 6. The van der Waals surface area contributed by atoms with Crippen LogP contribution in [0.4, 0.5) is 0 Å². The minimum absolute atomic E-state index is 0.0409. The third-order valence-corrected chi connectivity index (χ3v) is 2.96. The van der Waals surface area contributed by atoms with Crippen LogP contribution in [0.2, 0.25) is 0 Å². The number of nitrogens with zero attached hydrogens (tertiary/aromatic N) is 1. The summed E-state index contributed by atoms with van der Waals surface area (Å²) in [6, 6.07) is 8.89. The van der Waals surface area contributed by atoms with Crippen LogP contribution in [0.5, 0.6) is 11.5 Å². The standard InChI is InChI=1S/C17H20N2O3/c1-12(2)22-15-7-6-14(9-16(15)21-3)17(20)19-11-13-5-4-8-18-10-13/h4-10,12H,11H2,1-3H3,(H,19,20). The van der Waals surface area contributed by atoms with Gasteiger partial charge in [0.1, 0.15) is 0 Å². The van der Waals surface area contributed by atoms with E-state index in [0.717, 1.165) is 5.56 Å². The van der Waals surface area contributed by atoms with E-state index in [0.29, 0.717) is 23.6 Å². The second kappa shape index (κ2) is 7.45. The predicted molar refractivity (Wildman–Crippen MR) is 84.2 cm³/mol. The Morgan fingerprint density at radius 2 is 2.09 bits per heavy atom. The Kier molecular flexibility index (Phi) is 5.36. The van der Waals surface area contributed by atoms with Crippen LogP contribution in [0.15, 0.2) is 42.7 Å². The normalized spacial score (nSPS) is 10.4. The Morgan fingerprint density at radius 3 is 2.73 bits per heavy atom. The largest absolute Gasteiger partial charge is 0.493 e. The molecule has 1 amide bonds. The van der Waals surface area contributed by atoms with Gasteiger partial charge in [-0.05, 0) is 43.7 Å². The first kappa shape index (κ1) is 15.8. The van der Waals surface area contributed by atoms with Crippen molar-refractivity contribution in [3.8, 4) is 11.5 Å². The molecule has 1 aromatic heterocycles. The monoisotopic (exact) mass is 300 g/mol. The van der Waals surface area contributed by atoms with Gasteiger partial charge in [0.05, 0.1) is 13.2 Å². The molecule has 1 N–H and O–H groups in total. The first-order valence-electron chi connectivity index (χ1n) is 7.12. The molecule has 116 valence electrons. The summed E-state index contributed by atoms with van der Waals surface area (Å²) in [6.45, 7) is 4.31. The third kappa shape index (κ3) is 4.22. The van der Waals surface area contributed by atoms with E-state index in [1.165, 1.54) is 0 Å². The average Bonchev–Trinajstić information content (AvgIpc) is 2.53. The maximum Gasteiger partial charge on any atom is 0.251 e. The van der Waals surface area contributed by atoms with E-state index in [2.05, 4.69) is 10.3 Å². The molecule has 0 unspecified atom stereocenters. The predicted octanol–water partition coefficient (Wildman–Crippen LogP) is 2.81. The van der Waals surface area contributed by atoms with Crippen LogP contribution in [0.3, 0.4) is 0 Å². The second-order valence-electron chi connectivity index (χ2n) is 5.08. The van der Waals surface area contributed by atoms with Crippen molar-refractivity contribution < 1.29 is 14.3 Å². The Hall–Kier alpha value is -2.56. The lowest BCUT2D eigenvalue weighted by Gasteiger charge is -2.14. The summed E-state index contributed by atoms with van der Waals surface area (Å²) in [5.74, 6) is 1.00. The molecule has 0 saturated heterocycles. The number of methoxy groups -OCH3 is 1. The van der Waals surface area contributed by atoms with Crippen LogP contribution in [0, 0.1) is 0 Å². The first-order chi connectivity index (χ1) is 10.6. The van der Waals surface area contributed by atoms with Gasteiger partial charge in [0.2, 0.25) is 0 Å². The highest BCUT2D eigenvalue weighted by Crippen LogP contribution is 2.28. The summed E-state index contributed by atoms with van der Waals surface area (Å²) in [4.78, 5) is 16.2. The summed E-state index contributed by atoms with van der Waals surface area (Å²) in [7, 11) is 1.56. The molecule has 2 rings (SSSR count). The fourth-order valence-electron chi connectivity index (χ4n) is 1.95. The van der Waals surface area contributed by atoms with Crippen molar-refractivity contribution in [2.75, 3.05) is 7.11 Å². The van der Waals surface area contributed by atoms with Crippen molar-refractivity contribution in [3.05, 3.63) is 53.9 Å². The van der Waals surface area contributed by atoms with Crippen molar-refractivity contribution in [2.45, 2.75) is 26.5 Å². The molecular weight excluding hydrogens is 280 g/mol. The maximum absolute atomic E-state index is 12.2. The minimum atomic E-state index is -0.168. The van der Waals surface area contributed by atoms with Crippen LogP contribution >= 0.6 is 0 Å². The number of ether oxygens (including phenoxy) is 2. The fraction of sp³-hybridized carbons (Fsp3) is 0.294. The topological polar surface area (TPSA) is 60.5 Å². The molecule has 1 aromatic carbocycles. The van der Waals surface area contributed by atoms with Crippen LogP contribution in [-0.4, -0.2) is 24.1 Å². The zero-order valence-corrected chi connectivity index (χ0v) is 13.0. The van der Waals surface area contributed by atoms with E-state index in [4.69, 9.17) is 9.47 Å². The van der Waals surface area contributed by atoms with Crippen LogP contribution in [-0.2, 0) is 6.54 Å². The highest BCUT2D eigenvalue weighted by Gasteiger charge is 2.12. The van der Waals surface area contributed by atoms with Gasteiger partial charge < -0.3 is 14.8 Å². The quantitative estimate of drug-likeness (QED) is 0.891. The minimum Gasteiger partial charge on any atom is -0.493 e. The van der Waals surface area contributed by atoms with E-state index in [1.807, 2.05) is 26.0 Å². The van der Waals surface area contributed by atoms with E-state index in [9.17, 15) is 4.79 Å². The number of benzene rings is 1. The Balaban J connectivity index is 2.06. The zero-order valence-electron chi connectivity index (χ0n) is 13.0. The number of hydrogen-bond acceptors (Lipinski definition) is 4. The number of amides is 1. The van der Waals surface area contributed by atoms with E-state index in [-0.39, 0.29) is 12.0 Å². The number of aromatic nitrogens is 1. The Morgan fingerprint density at radius 1 is 1.27 bits per heavy atom. The fourth-order valence-corrected chi connectivity index (χ4v) is 1.95. The summed E-state index contributed by atoms with van der Waals surface area (Å²) in [5, 5.41) is 2.85. The molecule has 0 atom stereocenters. The number of pyridine rings is 1. The van der Waals surface area contributed by atoms with Crippen molar-refractivity contribution in [1.82, 2.24) is 10.3 Å². The first-order valence-corrected chi connectivity index (χ1v) is 7.12. The molecule has 5 nitrogen and oxygen atoms in total. The van der Waals surface area contributed by atoms with E-state index in [1.54, 1.807) is 37.7 Å². The number of carbonyl (C=O) groups excluding carboxylic acids is 1. The number of carbonyl (C=O) groups is 1. The molecule has 0 aliphatic carbocycles. The lowest BCUT2D eigenvalue weighted by Crippen LogP contribution is -2.22.